The van der Waals surface area contributed by atoms with Crippen molar-refractivity contribution in [3.63, 3.8) is 0 Å². The van der Waals surface area contributed by atoms with E-state index in [0.717, 1.165) is 33.2 Å². The molecule has 0 aromatic rings. The van der Waals surface area contributed by atoms with E-state index in [9.17, 15) is 4.79 Å². The van der Waals surface area contributed by atoms with Gasteiger partial charge < -0.3 is 4.90 Å². The average molecular weight is 275 g/mol. The molecule has 3 nitrogen and oxygen atoms in total. The molecule has 0 saturated carbocycles. The van der Waals surface area contributed by atoms with Crippen LogP contribution >= 0.6 is 35.3 Å². The van der Waals surface area contributed by atoms with Gasteiger partial charge in [0.25, 0.3) is 4.38 Å². The first-order chi connectivity index (χ1) is 7.69. The first-order valence-corrected chi connectivity index (χ1v) is 8.20. The Hall–Kier alpha value is -0.0700. The highest BCUT2D eigenvalue weighted by Crippen LogP contribution is 2.39. The Labute approximate surface area is 109 Å². The van der Waals surface area contributed by atoms with Crippen molar-refractivity contribution >= 4 is 45.6 Å². The Kier molecular flexibility index (Phi) is 3.92. The number of carbonyl (C=O) groups is 1. The number of amides is 1. The molecular weight excluding hydrogens is 260 g/mol. The molecule has 0 aromatic heterocycles. The molecule has 1 amide bonds. The zero-order chi connectivity index (χ0) is 11.7. The molecule has 0 unspecified atom stereocenters. The van der Waals surface area contributed by atoms with E-state index in [-0.39, 0.29) is 5.91 Å². The third kappa shape index (κ3) is 2.02. The molecule has 6 heteroatoms. The van der Waals surface area contributed by atoms with Gasteiger partial charge in [-0.05, 0) is 13.2 Å². The lowest BCUT2D eigenvalue weighted by Crippen LogP contribution is -2.20. The summed E-state index contributed by atoms with van der Waals surface area (Å²) < 4.78 is 2.97. The summed E-state index contributed by atoms with van der Waals surface area (Å²) in [4.78, 5) is 15.3. The van der Waals surface area contributed by atoms with Crippen LogP contribution in [-0.4, -0.2) is 51.9 Å². The standard InChI is InChI=1S/C10H15N2OS3/c1-4-12-8(13)7(16-10(12)14-3)9-11(2)5-6-15-9/h4-6H2,1-3H3/q+1/b9-7+. The Morgan fingerprint density at radius 2 is 2.31 bits per heavy atom. The van der Waals surface area contributed by atoms with Gasteiger partial charge in [0.1, 0.15) is 0 Å². The molecule has 88 valence electrons. The second-order valence-electron chi connectivity index (χ2n) is 3.53. The zero-order valence-corrected chi connectivity index (χ0v) is 12.1. The van der Waals surface area contributed by atoms with Gasteiger partial charge in [-0.3, -0.25) is 0 Å². The third-order valence-corrected chi connectivity index (χ3v) is 6.14. The summed E-state index contributed by atoms with van der Waals surface area (Å²) in [6.45, 7) is 3.82. The van der Waals surface area contributed by atoms with Crippen LogP contribution in [0.1, 0.15) is 6.92 Å². The van der Waals surface area contributed by atoms with Crippen LogP contribution in [0.2, 0.25) is 0 Å². The maximum absolute atomic E-state index is 12.2. The quantitative estimate of drug-likeness (QED) is 0.537. The first kappa shape index (κ1) is 12.4. The fraction of sp³-hybridized carbons (Fsp3) is 0.600. The summed E-state index contributed by atoms with van der Waals surface area (Å²) in [5.41, 5.74) is 0. The SMILES string of the molecule is CC[N+]1=C(SC)S/C(=C2/SCCN2C)C1=O. The molecule has 0 bridgehead atoms. The van der Waals surface area contributed by atoms with Crippen molar-refractivity contribution in [2.24, 2.45) is 0 Å². The summed E-state index contributed by atoms with van der Waals surface area (Å²) >= 11 is 5.07. The van der Waals surface area contributed by atoms with Crippen LogP contribution in [0.3, 0.4) is 0 Å². The molecule has 2 aliphatic rings. The molecule has 0 aromatic carbocycles. The zero-order valence-electron chi connectivity index (χ0n) is 9.65. The maximum atomic E-state index is 12.2. The largest absolute Gasteiger partial charge is 0.430 e. The lowest BCUT2D eigenvalue weighted by molar-refractivity contribution is -0.433. The van der Waals surface area contributed by atoms with E-state index in [1.807, 2.05) is 17.8 Å². The van der Waals surface area contributed by atoms with Gasteiger partial charge in [0, 0.05) is 31.1 Å². The van der Waals surface area contributed by atoms with Crippen molar-refractivity contribution in [2.75, 3.05) is 32.1 Å². The molecule has 0 spiro atoms. The average Bonchev–Trinajstić information content (AvgIpc) is 2.82. The highest BCUT2D eigenvalue weighted by molar-refractivity contribution is 8.40. The van der Waals surface area contributed by atoms with Crippen molar-refractivity contribution < 1.29 is 9.37 Å². The molecule has 0 atom stereocenters. The number of nitrogens with zero attached hydrogens (tertiary/aromatic N) is 2. The predicted octanol–water partition coefficient (Wildman–Crippen LogP) is 1.86. The number of rotatable bonds is 1. The van der Waals surface area contributed by atoms with Crippen LogP contribution in [0.4, 0.5) is 0 Å². The van der Waals surface area contributed by atoms with E-state index in [0.29, 0.717) is 0 Å². The summed E-state index contributed by atoms with van der Waals surface area (Å²) in [6, 6.07) is 0. The summed E-state index contributed by atoms with van der Waals surface area (Å²) in [7, 11) is 2.06. The molecule has 16 heavy (non-hydrogen) atoms. The Morgan fingerprint density at radius 3 is 2.75 bits per heavy atom. The second kappa shape index (κ2) is 5.06. The van der Waals surface area contributed by atoms with Gasteiger partial charge in [0.05, 0.1) is 5.03 Å². The highest BCUT2D eigenvalue weighted by atomic mass is 32.2. The van der Waals surface area contributed by atoms with Gasteiger partial charge >= 0.3 is 5.91 Å². The minimum Gasteiger partial charge on any atom is -0.367 e. The second-order valence-corrected chi connectivity index (χ2v) is 6.66. The molecule has 0 N–H and O–H groups in total. The topological polar surface area (TPSA) is 23.3 Å². The fourth-order valence-electron chi connectivity index (χ4n) is 1.68. The Bertz CT molecular complexity index is 390. The number of likely N-dealkylation sites (N-methyl/N-ethyl adjacent to an activating group) is 1. The van der Waals surface area contributed by atoms with E-state index >= 15 is 0 Å². The molecule has 2 rings (SSSR count). The van der Waals surface area contributed by atoms with Crippen molar-refractivity contribution in [1.82, 2.24) is 4.90 Å². The number of thioether (sulfide) groups is 3. The molecule has 0 radical (unpaired) electrons. The van der Waals surface area contributed by atoms with E-state index in [1.165, 1.54) is 0 Å². The minimum absolute atomic E-state index is 0.174. The Morgan fingerprint density at radius 1 is 1.56 bits per heavy atom. The van der Waals surface area contributed by atoms with Crippen molar-refractivity contribution in [1.29, 1.82) is 0 Å². The van der Waals surface area contributed by atoms with Crippen molar-refractivity contribution in [3.05, 3.63) is 9.93 Å². The van der Waals surface area contributed by atoms with Crippen molar-refractivity contribution in [2.45, 2.75) is 6.92 Å². The van der Waals surface area contributed by atoms with Crippen LogP contribution < -0.4 is 0 Å². The van der Waals surface area contributed by atoms with Gasteiger partial charge in [-0.15, -0.1) is 16.3 Å². The van der Waals surface area contributed by atoms with Gasteiger partial charge in [-0.2, -0.15) is 0 Å². The monoisotopic (exact) mass is 275 g/mol. The predicted molar refractivity (Wildman–Crippen MR) is 74.0 cm³/mol. The lowest BCUT2D eigenvalue weighted by Gasteiger charge is -2.11. The fourth-order valence-corrected chi connectivity index (χ4v) is 5.02. The maximum Gasteiger partial charge on any atom is 0.430 e. The van der Waals surface area contributed by atoms with E-state index < -0.39 is 0 Å². The lowest BCUT2D eigenvalue weighted by atomic mass is 10.5. The molecule has 2 aliphatic heterocycles. The Balaban J connectivity index is 2.33. The van der Waals surface area contributed by atoms with Crippen LogP contribution in [0, 0.1) is 0 Å². The molecular formula is C10H15N2OS3+. The van der Waals surface area contributed by atoms with Gasteiger partial charge in [-0.25, -0.2) is 4.79 Å². The molecule has 1 fully saturated rings. The van der Waals surface area contributed by atoms with Crippen LogP contribution in [0.25, 0.3) is 0 Å². The summed E-state index contributed by atoms with van der Waals surface area (Å²) in [5, 5.41) is 1.15. The summed E-state index contributed by atoms with van der Waals surface area (Å²) in [5.74, 6) is 1.26. The highest BCUT2D eigenvalue weighted by Gasteiger charge is 2.40. The first-order valence-electron chi connectivity index (χ1n) is 5.18. The molecule has 2 heterocycles. The minimum atomic E-state index is 0.174. The smallest absolute Gasteiger partial charge is 0.367 e. The van der Waals surface area contributed by atoms with Crippen LogP contribution in [0.15, 0.2) is 9.93 Å². The van der Waals surface area contributed by atoms with E-state index in [2.05, 4.69) is 11.9 Å². The third-order valence-electron chi connectivity index (χ3n) is 2.55. The number of carbonyl (C=O) groups excluding carboxylic acids is 1. The van der Waals surface area contributed by atoms with Gasteiger partial charge in [0.2, 0.25) is 0 Å². The van der Waals surface area contributed by atoms with Crippen molar-refractivity contribution in [3.8, 4) is 0 Å². The number of hydrogen-bond acceptors (Lipinski definition) is 5. The van der Waals surface area contributed by atoms with E-state index in [4.69, 9.17) is 0 Å². The normalized spacial score (nSPS) is 26.2. The molecule has 0 aliphatic carbocycles. The summed E-state index contributed by atoms with van der Waals surface area (Å²) in [6.07, 6.45) is 2.03. The van der Waals surface area contributed by atoms with Gasteiger partial charge in [-0.1, -0.05) is 11.8 Å². The van der Waals surface area contributed by atoms with Gasteiger partial charge in [0.15, 0.2) is 11.4 Å². The molecule has 1 saturated heterocycles. The van der Waals surface area contributed by atoms with Crippen LogP contribution in [-0.2, 0) is 4.79 Å². The number of hydrogen-bond donors (Lipinski definition) is 0. The van der Waals surface area contributed by atoms with Crippen LogP contribution in [0.5, 0.6) is 0 Å². The van der Waals surface area contributed by atoms with E-state index in [1.54, 1.807) is 35.3 Å².